The molecule has 0 amide bonds. The summed E-state index contributed by atoms with van der Waals surface area (Å²) in [6, 6.07) is 9.43. The van der Waals surface area contributed by atoms with E-state index in [2.05, 4.69) is 72.7 Å². The molecule has 0 fully saturated rings. The predicted octanol–water partition coefficient (Wildman–Crippen LogP) is 8.18. The number of benzene rings is 2. The summed E-state index contributed by atoms with van der Waals surface area (Å²) in [5.74, 6) is 1.74. The van der Waals surface area contributed by atoms with Crippen molar-refractivity contribution in [2.75, 3.05) is 0 Å². The quantitative estimate of drug-likeness (QED) is 0.535. The Morgan fingerprint density at radius 1 is 0.696 bits per heavy atom. The SMILES string of the molecule is C.CC.Cc1cc2ccc(C(C)C)c(C(C)C)c2cc1C(C)C. The van der Waals surface area contributed by atoms with Crippen LogP contribution in [0.1, 0.15) is 103 Å². The highest BCUT2D eigenvalue weighted by Gasteiger charge is 2.15. The lowest BCUT2D eigenvalue weighted by molar-refractivity contribution is 0.797. The fourth-order valence-electron chi connectivity index (χ4n) is 3.31. The summed E-state index contributed by atoms with van der Waals surface area (Å²) in [6.07, 6.45) is 0. The van der Waals surface area contributed by atoms with Gasteiger partial charge in [-0.25, -0.2) is 0 Å². The van der Waals surface area contributed by atoms with Gasteiger partial charge in [-0.1, -0.05) is 87.1 Å². The average Bonchev–Trinajstić information content (AvgIpc) is 2.46. The van der Waals surface area contributed by atoms with E-state index in [0.29, 0.717) is 17.8 Å². The van der Waals surface area contributed by atoms with Crippen molar-refractivity contribution in [2.24, 2.45) is 0 Å². The van der Waals surface area contributed by atoms with E-state index in [-0.39, 0.29) is 7.43 Å². The van der Waals surface area contributed by atoms with Gasteiger partial charge in [-0.2, -0.15) is 0 Å². The Hall–Kier alpha value is -1.30. The van der Waals surface area contributed by atoms with Crippen LogP contribution < -0.4 is 0 Å². The predicted molar refractivity (Wildman–Crippen MR) is 109 cm³/mol. The molecule has 0 aliphatic carbocycles. The maximum absolute atomic E-state index is 2.44. The first kappa shape index (κ1) is 21.7. The zero-order valence-electron chi connectivity index (χ0n) is 16.0. The minimum Gasteiger partial charge on any atom is -0.0776 e. The third-order valence-corrected chi connectivity index (χ3v) is 4.30. The third kappa shape index (κ3) is 4.59. The fraction of sp³-hybridized carbons (Fsp3) is 0.565. The van der Waals surface area contributed by atoms with Crippen molar-refractivity contribution in [3.8, 4) is 0 Å². The molecule has 0 heterocycles. The van der Waals surface area contributed by atoms with Crippen LogP contribution in [0.5, 0.6) is 0 Å². The Morgan fingerprint density at radius 2 is 1.22 bits per heavy atom. The van der Waals surface area contributed by atoms with Crippen molar-refractivity contribution in [1.82, 2.24) is 0 Å². The lowest BCUT2D eigenvalue weighted by atomic mass is 9.84. The van der Waals surface area contributed by atoms with Crippen LogP contribution in [0.25, 0.3) is 10.8 Å². The van der Waals surface area contributed by atoms with Crippen LogP contribution >= 0.6 is 0 Å². The maximum atomic E-state index is 2.44. The molecular weight excluding hydrogens is 276 g/mol. The Morgan fingerprint density at radius 3 is 1.65 bits per heavy atom. The van der Waals surface area contributed by atoms with Crippen LogP contribution in [0.2, 0.25) is 0 Å². The van der Waals surface area contributed by atoms with Gasteiger partial charge in [-0.15, -0.1) is 0 Å². The van der Waals surface area contributed by atoms with Crippen LogP contribution in [0.4, 0.5) is 0 Å². The van der Waals surface area contributed by atoms with Gasteiger partial charge in [0.25, 0.3) is 0 Å². The van der Waals surface area contributed by atoms with Crippen molar-refractivity contribution in [3.05, 3.63) is 46.5 Å². The smallest absolute Gasteiger partial charge is 0.0143 e. The van der Waals surface area contributed by atoms with Crippen LogP contribution in [0.3, 0.4) is 0 Å². The summed E-state index contributed by atoms with van der Waals surface area (Å²) in [5.41, 5.74) is 5.95. The van der Waals surface area contributed by atoms with Gasteiger partial charge in [0.15, 0.2) is 0 Å². The van der Waals surface area contributed by atoms with Crippen molar-refractivity contribution in [1.29, 1.82) is 0 Å². The molecule has 0 saturated heterocycles. The van der Waals surface area contributed by atoms with Crippen LogP contribution in [0.15, 0.2) is 24.3 Å². The van der Waals surface area contributed by atoms with E-state index in [4.69, 9.17) is 0 Å². The second kappa shape index (κ2) is 9.11. The van der Waals surface area contributed by atoms with Crippen molar-refractivity contribution < 1.29 is 0 Å². The number of fused-ring (bicyclic) bond motifs is 1. The van der Waals surface area contributed by atoms with E-state index in [1.165, 1.54) is 27.5 Å². The van der Waals surface area contributed by atoms with E-state index in [0.717, 1.165) is 0 Å². The highest BCUT2D eigenvalue weighted by atomic mass is 14.2. The molecule has 0 N–H and O–H groups in total. The molecule has 0 nitrogen and oxygen atoms in total. The van der Waals surface area contributed by atoms with E-state index in [9.17, 15) is 0 Å². The summed E-state index contributed by atoms with van der Waals surface area (Å²) < 4.78 is 0. The van der Waals surface area contributed by atoms with Crippen molar-refractivity contribution in [2.45, 2.75) is 87.5 Å². The van der Waals surface area contributed by atoms with Gasteiger partial charge < -0.3 is 0 Å². The molecule has 0 saturated carbocycles. The van der Waals surface area contributed by atoms with E-state index < -0.39 is 0 Å². The Kier molecular flexibility index (Phi) is 8.59. The summed E-state index contributed by atoms with van der Waals surface area (Å²) in [5, 5.41) is 2.85. The summed E-state index contributed by atoms with van der Waals surface area (Å²) in [6.45, 7) is 20.0. The van der Waals surface area contributed by atoms with Gasteiger partial charge in [-0.3, -0.25) is 0 Å². The highest BCUT2D eigenvalue weighted by molar-refractivity contribution is 5.89. The van der Waals surface area contributed by atoms with Gasteiger partial charge in [0, 0.05) is 0 Å². The zero-order chi connectivity index (χ0) is 17.0. The number of rotatable bonds is 3. The number of aryl methyl sites for hydroxylation is 1. The number of hydrogen-bond acceptors (Lipinski definition) is 0. The standard InChI is InChI=1S/C20H28.C2H6.CH4/c1-12(2)17-9-8-16-10-15(7)18(13(3)4)11-19(16)20(17)14(5)6;1-2;/h8-14H,1-7H3;1-2H3;1H4. The lowest BCUT2D eigenvalue weighted by Crippen LogP contribution is -2.01. The number of hydrogen-bond donors (Lipinski definition) is 0. The van der Waals surface area contributed by atoms with Gasteiger partial charge in [0.05, 0.1) is 0 Å². The first-order valence-corrected chi connectivity index (χ1v) is 8.90. The molecule has 0 aliphatic rings. The monoisotopic (exact) mass is 314 g/mol. The first-order chi connectivity index (χ1) is 10.3. The van der Waals surface area contributed by atoms with E-state index >= 15 is 0 Å². The lowest BCUT2D eigenvalue weighted by Gasteiger charge is -2.21. The molecule has 0 bridgehead atoms. The molecular formula is C23H38. The van der Waals surface area contributed by atoms with Crippen LogP contribution in [0, 0.1) is 6.92 Å². The normalized spacial score (nSPS) is 10.8. The molecule has 23 heavy (non-hydrogen) atoms. The second-order valence-corrected chi connectivity index (χ2v) is 6.96. The molecule has 0 unspecified atom stereocenters. The molecule has 0 spiro atoms. The Bertz CT molecular complexity index is 615. The topological polar surface area (TPSA) is 0 Å². The van der Waals surface area contributed by atoms with Gasteiger partial charge >= 0.3 is 0 Å². The third-order valence-electron chi connectivity index (χ3n) is 4.30. The minimum atomic E-state index is 0. The fourth-order valence-corrected chi connectivity index (χ4v) is 3.31. The molecule has 2 rings (SSSR count). The molecule has 0 atom stereocenters. The Balaban J connectivity index is 0.00000155. The largest absolute Gasteiger partial charge is 0.0776 e. The molecule has 2 aromatic rings. The van der Waals surface area contributed by atoms with E-state index in [1.807, 2.05) is 13.8 Å². The summed E-state index contributed by atoms with van der Waals surface area (Å²) in [4.78, 5) is 0. The van der Waals surface area contributed by atoms with Crippen LogP contribution in [-0.4, -0.2) is 0 Å². The van der Waals surface area contributed by atoms with Crippen molar-refractivity contribution in [3.63, 3.8) is 0 Å². The van der Waals surface area contributed by atoms with Gasteiger partial charge in [0.2, 0.25) is 0 Å². The highest BCUT2D eigenvalue weighted by Crippen LogP contribution is 2.35. The molecule has 0 heteroatoms. The maximum Gasteiger partial charge on any atom is -0.0143 e. The molecule has 0 aliphatic heterocycles. The molecule has 0 aromatic heterocycles. The summed E-state index contributed by atoms with van der Waals surface area (Å²) in [7, 11) is 0. The van der Waals surface area contributed by atoms with Gasteiger partial charge in [0.1, 0.15) is 0 Å². The second-order valence-electron chi connectivity index (χ2n) is 6.96. The first-order valence-electron chi connectivity index (χ1n) is 8.90. The summed E-state index contributed by atoms with van der Waals surface area (Å²) >= 11 is 0. The molecule has 130 valence electrons. The average molecular weight is 315 g/mol. The minimum absolute atomic E-state index is 0. The van der Waals surface area contributed by atoms with E-state index in [1.54, 1.807) is 5.56 Å². The van der Waals surface area contributed by atoms with Gasteiger partial charge in [-0.05, 0) is 57.7 Å². The van der Waals surface area contributed by atoms with Crippen LogP contribution in [-0.2, 0) is 0 Å². The molecule has 0 radical (unpaired) electrons. The Labute approximate surface area is 145 Å². The molecule has 2 aromatic carbocycles. The van der Waals surface area contributed by atoms with Crippen molar-refractivity contribution >= 4 is 10.8 Å². The zero-order valence-corrected chi connectivity index (χ0v) is 16.0.